The van der Waals surface area contributed by atoms with Gasteiger partial charge in [-0.25, -0.2) is 4.99 Å². The Kier molecular flexibility index (Phi) is 1.89. The first-order valence-corrected chi connectivity index (χ1v) is 3.22. The molecule has 0 bridgehead atoms. The van der Waals surface area contributed by atoms with Crippen molar-refractivity contribution >= 4 is 11.9 Å². The predicted octanol–water partition coefficient (Wildman–Crippen LogP) is -0.103. The van der Waals surface area contributed by atoms with Gasteiger partial charge in [-0.2, -0.15) is 0 Å². The Morgan fingerprint density at radius 3 is 2.80 bits per heavy atom. The third-order valence-corrected chi connectivity index (χ3v) is 1.35. The van der Waals surface area contributed by atoms with E-state index in [1.807, 2.05) is 6.92 Å². The molecule has 4 nitrogen and oxygen atoms in total. The molecule has 0 radical (unpaired) electrons. The molecule has 10 heavy (non-hydrogen) atoms. The van der Waals surface area contributed by atoms with Crippen LogP contribution < -0.4 is 5.32 Å². The third kappa shape index (κ3) is 1.10. The van der Waals surface area contributed by atoms with Gasteiger partial charge in [0.1, 0.15) is 0 Å². The Balaban J connectivity index is 2.61. The van der Waals surface area contributed by atoms with Crippen molar-refractivity contribution < 1.29 is 9.53 Å². The fraction of sp³-hybridized carbons (Fsp3) is 0.667. The van der Waals surface area contributed by atoms with Gasteiger partial charge in [0.25, 0.3) is 11.9 Å². The molecule has 0 aromatic heterocycles. The van der Waals surface area contributed by atoms with Gasteiger partial charge < -0.3 is 4.74 Å². The standard InChI is InChI=1S/C6H10N2O2/c1-3-4-5(9)8-6(7-2)10-4/h4H,3H2,1-2H3,(H,7,8,9). The lowest BCUT2D eigenvalue weighted by Crippen LogP contribution is -2.24. The Labute approximate surface area is 59.3 Å². The van der Waals surface area contributed by atoms with Crippen molar-refractivity contribution in [3.63, 3.8) is 0 Å². The lowest BCUT2D eigenvalue weighted by Gasteiger charge is -1.99. The lowest BCUT2D eigenvalue weighted by atomic mass is 10.3. The van der Waals surface area contributed by atoms with E-state index in [2.05, 4.69) is 10.3 Å². The highest BCUT2D eigenvalue weighted by atomic mass is 16.5. The van der Waals surface area contributed by atoms with Crippen molar-refractivity contribution in [2.45, 2.75) is 19.4 Å². The fourth-order valence-electron chi connectivity index (χ4n) is 0.781. The zero-order valence-corrected chi connectivity index (χ0v) is 6.05. The van der Waals surface area contributed by atoms with Crippen LogP contribution in [-0.2, 0) is 9.53 Å². The first-order valence-electron chi connectivity index (χ1n) is 3.22. The largest absolute Gasteiger partial charge is 0.452 e. The molecule has 0 saturated carbocycles. The molecule has 1 aliphatic heterocycles. The number of carbonyl (C=O) groups is 1. The summed E-state index contributed by atoms with van der Waals surface area (Å²) in [7, 11) is 1.58. The Hall–Kier alpha value is -1.06. The van der Waals surface area contributed by atoms with Gasteiger partial charge in [0.2, 0.25) is 0 Å². The number of nitrogens with zero attached hydrogens (tertiary/aromatic N) is 1. The number of carbonyl (C=O) groups excluding carboxylic acids is 1. The molecule has 1 saturated heterocycles. The highest BCUT2D eigenvalue weighted by Crippen LogP contribution is 2.04. The van der Waals surface area contributed by atoms with Crippen molar-refractivity contribution in [3.05, 3.63) is 0 Å². The fourth-order valence-corrected chi connectivity index (χ4v) is 0.781. The molecule has 1 amide bonds. The zero-order valence-electron chi connectivity index (χ0n) is 6.05. The van der Waals surface area contributed by atoms with Crippen molar-refractivity contribution in [1.29, 1.82) is 0 Å². The second-order valence-corrected chi connectivity index (χ2v) is 2.03. The third-order valence-electron chi connectivity index (χ3n) is 1.35. The van der Waals surface area contributed by atoms with Crippen molar-refractivity contribution in [2.24, 2.45) is 4.99 Å². The van der Waals surface area contributed by atoms with Gasteiger partial charge in [-0.3, -0.25) is 10.1 Å². The van der Waals surface area contributed by atoms with Crippen molar-refractivity contribution in [2.75, 3.05) is 7.05 Å². The molecule has 4 heteroatoms. The molecule has 1 rings (SSSR count). The smallest absolute Gasteiger partial charge is 0.292 e. The normalized spacial score (nSPS) is 28.4. The average Bonchev–Trinajstić information content (AvgIpc) is 2.30. The highest BCUT2D eigenvalue weighted by molar-refractivity contribution is 6.01. The molecule has 1 heterocycles. The summed E-state index contributed by atoms with van der Waals surface area (Å²) >= 11 is 0. The molecule has 0 aromatic rings. The van der Waals surface area contributed by atoms with E-state index in [0.717, 1.165) is 0 Å². The van der Waals surface area contributed by atoms with E-state index in [1.165, 1.54) is 0 Å². The number of rotatable bonds is 1. The molecule has 0 aromatic carbocycles. The van der Waals surface area contributed by atoms with Gasteiger partial charge in [-0.15, -0.1) is 0 Å². The maximum absolute atomic E-state index is 10.9. The van der Waals surface area contributed by atoms with E-state index < -0.39 is 0 Å². The Morgan fingerprint density at radius 1 is 1.80 bits per heavy atom. The summed E-state index contributed by atoms with van der Waals surface area (Å²) in [6, 6.07) is 0.330. The van der Waals surface area contributed by atoms with E-state index in [-0.39, 0.29) is 12.0 Å². The van der Waals surface area contributed by atoms with E-state index in [4.69, 9.17) is 4.74 Å². The maximum atomic E-state index is 10.9. The molecule has 1 N–H and O–H groups in total. The summed E-state index contributed by atoms with van der Waals surface area (Å²) in [6.07, 6.45) is 0.351. The molecule has 56 valence electrons. The Bertz CT molecular complexity index is 177. The summed E-state index contributed by atoms with van der Waals surface area (Å²) in [5.74, 6) is -0.0944. The summed E-state index contributed by atoms with van der Waals surface area (Å²) in [5, 5.41) is 2.49. The van der Waals surface area contributed by atoms with Gasteiger partial charge in [0, 0.05) is 7.05 Å². The molecule has 0 aliphatic carbocycles. The average molecular weight is 142 g/mol. The number of ether oxygens (including phenoxy) is 1. The van der Waals surface area contributed by atoms with Gasteiger partial charge >= 0.3 is 0 Å². The topological polar surface area (TPSA) is 50.7 Å². The van der Waals surface area contributed by atoms with Crippen LogP contribution in [0.15, 0.2) is 4.99 Å². The van der Waals surface area contributed by atoms with Gasteiger partial charge in [0.15, 0.2) is 6.10 Å². The lowest BCUT2D eigenvalue weighted by molar-refractivity contribution is -0.123. The second-order valence-electron chi connectivity index (χ2n) is 2.03. The number of amides is 1. The van der Waals surface area contributed by atoms with Crippen molar-refractivity contribution in [3.8, 4) is 0 Å². The van der Waals surface area contributed by atoms with E-state index in [1.54, 1.807) is 7.05 Å². The minimum atomic E-state index is -0.335. The number of amidine groups is 1. The molecule has 1 fully saturated rings. The van der Waals surface area contributed by atoms with Gasteiger partial charge in [-0.05, 0) is 6.42 Å². The van der Waals surface area contributed by atoms with E-state index in [0.29, 0.717) is 12.4 Å². The zero-order chi connectivity index (χ0) is 7.56. The summed E-state index contributed by atoms with van der Waals surface area (Å²) in [4.78, 5) is 14.6. The minimum absolute atomic E-state index is 0.0944. The van der Waals surface area contributed by atoms with E-state index >= 15 is 0 Å². The van der Waals surface area contributed by atoms with E-state index in [9.17, 15) is 4.79 Å². The van der Waals surface area contributed by atoms with Gasteiger partial charge in [0.05, 0.1) is 0 Å². The second kappa shape index (κ2) is 2.68. The molecule has 1 atom stereocenters. The quantitative estimate of drug-likeness (QED) is 0.555. The molecule has 0 spiro atoms. The minimum Gasteiger partial charge on any atom is -0.452 e. The van der Waals surface area contributed by atoms with Crippen LogP contribution in [0.5, 0.6) is 0 Å². The van der Waals surface area contributed by atoms with Crippen LogP contribution in [-0.4, -0.2) is 25.1 Å². The first kappa shape index (κ1) is 7.05. The number of hydrogen-bond donors (Lipinski definition) is 1. The predicted molar refractivity (Wildman–Crippen MR) is 36.7 cm³/mol. The van der Waals surface area contributed by atoms with Crippen molar-refractivity contribution in [1.82, 2.24) is 5.32 Å². The molecular formula is C6H10N2O2. The monoisotopic (exact) mass is 142 g/mol. The number of hydrogen-bond acceptors (Lipinski definition) is 3. The number of nitrogens with one attached hydrogen (secondary N) is 1. The summed E-state index contributed by atoms with van der Waals surface area (Å²) in [6.45, 7) is 1.89. The summed E-state index contributed by atoms with van der Waals surface area (Å²) < 4.78 is 5.06. The van der Waals surface area contributed by atoms with Crippen LogP contribution in [0.3, 0.4) is 0 Å². The van der Waals surface area contributed by atoms with Crippen LogP contribution in [0, 0.1) is 0 Å². The SMILES string of the molecule is CCC1OC(=NC)NC1=O. The highest BCUT2D eigenvalue weighted by Gasteiger charge is 2.28. The van der Waals surface area contributed by atoms with Crippen LogP contribution in [0.2, 0.25) is 0 Å². The van der Waals surface area contributed by atoms with Crippen LogP contribution in [0.25, 0.3) is 0 Å². The molecule has 1 unspecified atom stereocenters. The summed E-state index contributed by atoms with van der Waals surface area (Å²) in [5.41, 5.74) is 0. The Morgan fingerprint density at radius 2 is 2.50 bits per heavy atom. The first-order chi connectivity index (χ1) is 4.77. The van der Waals surface area contributed by atoms with Crippen LogP contribution >= 0.6 is 0 Å². The molecular weight excluding hydrogens is 132 g/mol. The van der Waals surface area contributed by atoms with Gasteiger partial charge in [-0.1, -0.05) is 6.92 Å². The number of aliphatic imine (C=N–C) groups is 1. The van der Waals surface area contributed by atoms with Crippen LogP contribution in [0.1, 0.15) is 13.3 Å². The maximum Gasteiger partial charge on any atom is 0.292 e. The van der Waals surface area contributed by atoms with Crippen LogP contribution in [0.4, 0.5) is 0 Å². The molecule has 1 aliphatic rings.